The van der Waals surface area contributed by atoms with E-state index in [0.29, 0.717) is 5.56 Å². The maximum atomic E-state index is 12.7. The first-order chi connectivity index (χ1) is 7.72. The van der Waals surface area contributed by atoms with Gasteiger partial charge in [-0.25, -0.2) is 4.39 Å². The molecule has 1 heterocycles. The van der Waals surface area contributed by atoms with E-state index in [1.807, 2.05) is 18.4 Å². The number of ketones is 1. The molecule has 0 saturated carbocycles. The third kappa shape index (κ3) is 2.04. The molecule has 0 bridgehead atoms. The van der Waals surface area contributed by atoms with Gasteiger partial charge in [0, 0.05) is 5.56 Å². The molecule has 0 aliphatic carbocycles. The molecule has 1 aromatic heterocycles. The van der Waals surface area contributed by atoms with E-state index in [2.05, 4.69) is 0 Å². The molecule has 1 nitrogen and oxygen atoms in total. The minimum absolute atomic E-state index is 0.0214. The summed E-state index contributed by atoms with van der Waals surface area (Å²) in [4.78, 5) is 12.8. The Morgan fingerprint density at radius 3 is 2.56 bits per heavy atom. The van der Waals surface area contributed by atoms with E-state index in [0.717, 1.165) is 16.9 Å². The van der Waals surface area contributed by atoms with Gasteiger partial charge in [-0.15, -0.1) is 11.3 Å². The Morgan fingerprint density at radius 1 is 1.25 bits per heavy atom. The lowest BCUT2D eigenvalue weighted by atomic mass is 10.1. The maximum Gasteiger partial charge on any atom is 0.203 e. The smallest absolute Gasteiger partial charge is 0.203 e. The fourth-order valence-electron chi connectivity index (χ4n) is 1.55. The van der Waals surface area contributed by atoms with E-state index in [1.165, 1.54) is 35.6 Å². The topological polar surface area (TPSA) is 17.1 Å². The highest BCUT2D eigenvalue weighted by Gasteiger charge is 2.13. The highest BCUT2D eigenvalue weighted by molar-refractivity contribution is 7.12. The zero-order valence-corrected chi connectivity index (χ0v) is 9.68. The van der Waals surface area contributed by atoms with Gasteiger partial charge in [-0.05, 0) is 47.7 Å². The molecule has 0 aliphatic heterocycles. The van der Waals surface area contributed by atoms with Crippen molar-refractivity contribution in [2.45, 2.75) is 13.3 Å². The lowest BCUT2D eigenvalue weighted by Gasteiger charge is -2.01. The molecule has 3 heteroatoms. The molecule has 1 aromatic carbocycles. The number of hydrogen-bond donors (Lipinski definition) is 0. The van der Waals surface area contributed by atoms with Crippen LogP contribution in [-0.2, 0) is 6.42 Å². The van der Waals surface area contributed by atoms with Crippen molar-refractivity contribution in [1.29, 1.82) is 0 Å². The maximum absolute atomic E-state index is 12.7. The Balaban J connectivity index is 2.35. The van der Waals surface area contributed by atoms with Crippen LogP contribution in [0.2, 0.25) is 0 Å². The first kappa shape index (κ1) is 11.0. The predicted octanol–water partition coefficient (Wildman–Crippen LogP) is 3.68. The van der Waals surface area contributed by atoms with Gasteiger partial charge in [0.1, 0.15) is 5.82 Å². The van der Waals surface area contributed by atoms with Crippen LogP contribution < -0.4 is 0 Å². The number of rotatable bonds is 3. The lowest BCUT2D eigenvalue weighted by molar-refractivity contribution is 0.104. The minimum Gasteiger partial charge on any atom is -0.288 e. The van der Waals surface area contributed by atoms with Crippen molar-refractivity contribution in [2.24, 2.45) is 0 Å². The molecule has 0 radical (unpaired) electrons. The van der Waals surface area contributed by atoms with E-state index in [1.54, 1.807) is 0 Å². The summed E-state index contributed by atoms with van der Waals surface area (Å²) in [5, 5.41) is 1.91. The Labute approximate surface area is 97.6 Å². The molecule has 0 atom stereocenters. The van der Waals surface area contributed by atoms with Crippen LogP contribution >= 0.6 is 11.3 Å². The van der Waals surface area contributed by atoms with Crippen LogP contribution in [0.15, 0.2) is 35.7 Å². The molecule has 2 aromatic rings. The summed E-state index contributed by atoms with van der Waals surface area (Å²) in [6, 6.07) is 7.63. The Bertz CT molecular complexity index is 499. The molecule has 16 heavy (non-hydrogen) atoms. The molecule has 0 aliphatic rings. The van der Waals surface area contributed by atoms with E-state index in [9.17, 15) is 9.18 Å². The second kappa shape index (κ2) is 4.58. The number of carbonyl (C=O) groups excluding carboxylic acids is 1. The van der Waals surface area contributed by atoms with Crippen LogP contribution in [0.4, 0.5) is 4.39 Å². The second-order valence-electron chi connectivity index (χ2n) is 3.46. The average molecular weight is 234 g/mol. The fraction of sp³-hybridized carbons (Fsp3) is 0.154. The third-order valence-corrected chi connectivity index (χ3v) is 3.40. The number of carbonyl (C=O) groups is 1. The summed E-state index contributed by atoms with van der Waals surface area (Å²) in [5.74, 6) is -0.342. The molecule has 2 rings (SSSR count). The Kier molecular flexibility index (Phi) is 3.15. The van der Waals surface area contributed by atoms with Crippen molar-refractivity contribution >= 4 is 17.1 Å². The van der Waals surface area contributed by atoms with Gasteiger partial charge in [0.2, 0.25) is 5.78 Å². The number of thiophene rings is 1. The highest BCUT2D eigenvalue weighted by atomic mass is 32.1. The van der Waals surface area contributed by atoms with Crippen LogP contribution in [0.25, 0.3) is 0 Å². The van der Waals surface area contributed by atoms with E-state index >= 15 is 0 Å². The summed E-state index contributed by atoms with van der Waals surface area (Å²) in [5.41, 5.74) is 1.60. The lowest BCUT2D eigenvalue weighted by Crippen LogP contribution is -2.01. The van der Waals surface area contributed by atoms with Crippen molar-refractivity contribution in [2.75, 3.05) is 0 Å². The second-order valence-corrected chi connectivity index (χ2v) is 4.38. The van der Waals surface area contributed by atoms with Crippen LogP contribution in [0.5, 0.6) is 0 Å². The molecule has 0 saturated heterocycles. The van der Waals surface area contributed by atoms with Gasteiger partial charge >= 0.3 is 0 Å². The zero-order valence-electron chi connectivity index (χ0n) is 8.87. The van der Waals surface area contributed by atoms with Gasteiger partial charge < -0.3 is 0 Å². The normalized spacial score (nSPS) is 10.4. The van der Waals surface area contributed by atoms with Crippen LogP contribution in [-0.4, -0.2) is 5.78 Å². The summed E-state index contributed by atoms with van der Waals surface area (Å²) in [6.45, 7) is 2.02. The molecule has 0 amide bonds. The Morgan fingerprint density at radius 2 is 1.94 bits per heavy atom. The molecule has 82 valence electrons. The SMILES string of the molecule is CCc1ccsc1C(=O)c1ccc(F)cc1. The largest absolute Gasteiger partial charge is 0.288 e. The van der Waals surface area contributed by atoms with Gasteiger partial charge in [-0.2, -0.15) is 0 Å². The van der Waals surface area contributed by atoms with E-state index < -0.39 is 0 Å². The van der Waals surface area contributed by atoms with Gasteiger partial charge in [0.05, 0.1) is 4.88 Å². The molecule has 0 unspecified atom stereocenters. The molecular formula is C13H11FOS. The third-order valence-electron chi connectivity index (χ3n) is 2.44. The first-order valence-electron chi connectivity index (χ1n) is 5.09. The van der Waals surface area contributed by atoms with Gasteiger partial charge in [0.25, 0.3) is 0 Å². The average Bonchev–Trinajstić information content (AvgIpc) is 2.77. The van der Waals surface area contributed by atoms with E-state index in [-0.39, 0.29) is 11.6 Å². The van der Waals surface area contributed by atoms with Crippen molar-refractivity contribution in [3.63, 3.8) is 0 Å². The Hall–Kier alpha value is -1.48. The predicted molar refractivity (Wildman–Crippen MR) is 63.5 cm³/mol. The monoisotopic (exact) mass is 234 g/mol. The summed E-state index contributed by atoms with van der Waals surface area (Å²) >= 11 is 1.44. The van der Waals surface area contributed by atoms with Crippen LogP contribution in [0, 0.1) is 5.82 Å². The minimum atomic E-state index is -0.321. The first-order valence-corrected chi connectivity index (χ1v) is 5.97. The molecule has 0 N–H and O–H groups in total. The zero-order chi connectivity index (χ0) is 11.5. The molecule has 0 spiro atoms. The van der Waals surface area contributed by atoms with Crippen molar-refractivity contribution in [3.8, 4) is 0 Å². The van der Waals surface area contributed by atoms with Gasteiger partial charge in [0.15, 0.2) is 0 Å². The molecule has 0 fully saturated rings. The van der Waals surface area contributed by atoms with Gasteiger partial charge in [-0.3, -0.25) is 4.79 Å². The van der Waals surface area contributed by atoms with Crippen molar-refractivity contribution in [1.82, 2.24) is 0 Å². The molecular weight excluding hydrogens is 223 g/mol. The van der Waals surface area contributed by atoms with Gasteiger partial charge in [-0.1, -0.05) is 6.92 Å². The standard InChI is InChI=1S/C13H11FOS/c1-2-9-7-8-16-13(9)12(15)10-3-5-11(14)6-4-10/h3-8H,2H2,1H3. The van der Waals surface area contributed by atoms with Crippen molar-refractivity contribution in [3.05, 3.63) is 57.5 Å². The number of benzene rings is 1. The highest BCUT2D eigenvalue weighted by Crippen LogP contribution is 2.21. The van der Waals surface area contributed by atoms with Crippen molar-refractivity contribution < 1.29 is 9.18 Å². The summed E-state index contributed by atoms with van der Waals surface area (Å²) < 4.78 is 12.7. The summed E-state index contributed by atoms with van der Waals surface area (Å²) in [6.07, 6.45) is 0.839. The summed E-state index contributed by atoms with van der Waals surface area (Å²) in [7, 11) is 0. The number of hydrogen-bond acceptors (Lipinski definition) is 2. The quantitative estimate of drug-likeness (QED) is 0.740. The number of aryl methyl sites for hydroxylation is 1. The fourth-order valence-corrected chi connectivity index (χ4v) is 2.50. The van der Waals surface area contributed by atoms with E-state index in [4.69, 9.17) is 0 Å². The van der Waals surface area contributed by atoms with Crippen LogP contribution in [0.1, 0.15) is 27.7 Å². The number of halogens is 1. The van der Waals surface area contributed by atoms with Crippen LogP contribution in [0.3, 0.4) is 0 Å².